The number of nitrogens with two attached hydrogens (primary N) is 1. The average molecular weight is 228 g/mol. The SMILES string of the molecule is Nc1nn(-c2cccc(F)c2)c2ncccc12. The first kappa shape index (κ1) is 9.77. The Balaban J connectivity index is 2.31. The monoisotopic (exact) mass is 228 g/mol. The van der Waals surface area contributed by atoms with Crippen LogP contribution in [0.4, 0.5) is 10.2 Å². The number of hydrogen-bond donors (Lipinski definition) is 1. The molecule has 0 bridgehead atoms. The minimum absolute atomic E-state index is 0.319. The number of nitrogens with zero attached hydrogens (tertiary/aromatic N) is 3. The van der Waals surface area contributed by atoms with Crippen molar-refractivity contribution in [1.82, 2.24) is 14.8 Å². The van der Waals surface area contributed by atoms with E-state index in [-0.39, 0.29) is 5.82 Å². The molecule has 2 heterocycles. The molecule has 17 heavy (non-hydrogen) atoms. The molecule has 2 aromatic heterocycles. The fraction of sp³-hybridized carbons (Fsp3) is 0. The zero-order valence-electron chi connectivity index (χ0n) is 8.84. The van der Waals surface area contributed by atoms with Crippen LogP contribution in [0.5, 0.6) is 0 Å². The molecule has 0 unspecified atom stereocenters. The van der Waals surface area contributed by atoms with Crippen LogP contribution in [0.1, 0.15) is 0 Å². The largest absolute Gasteiger partial charge is 0.382 e. The highest BCUT2D eigenvalue weighted by molar-refractivity contribution is 5.87. The second-order valence-corrected chi connectivity index (χ2v) is 3.65. The summed E-state index contributed by atoms with van der Waals surface area (Å²) in [6, 6.07) is 9.77. The van der Waals surface area contributed by atoms with E-state index in [2.05, 4.69) is 10.1 Å². The molecule has 0 aliphatic heterocycles. The average Bonchev–Trinajstić information content (AvgIpc) is 2.68. The number of fused-ring (bicyclic) bond motifs is 1. The Morgan fingerprint density at radius 3 is 2.88 bits per heavy atom. The Kier molecular flexibility index (Phi) is 2.04. The Morgan fingerprint density at radius 1 is 1.18 bits per heavy atom. The van der Waals surface area contributed by atoms with Gasteiger partial charge >= 0.3 is 0 Å². The number of anilines is 1. The first-order valence-corrected chi connectivity index (χ1v) is 5.11. The summed E-state index contributed by atoms with van der Waals surface area (Å²) in [6.45, 7) is 0. The van der Waals surface area contributed by atoms with Crippen molar-refractivity contribution in [3.05, 3.63) is 48.4 Å². The van der Waals surface area contributed by atoms with Crippen molar-refractivity contribution in [2.24, 2.45) is 0 Å². The van der Waals surface area contributed by atoms with Gasteiger partial charge in [-0.2, -0.15) is 0 Å². The molecule has 3 rings (SSSR count). The van der Waals surface area contributed by atoms with Gasteiger partial charge in [0.25, 0.3) is 0 Å². The van der Waals surface area contributed by atoms with Crippen LogP contribution >= 0.6 is 0 Å². The molecule has 2 N–H and O–H groups in total. The van der Waals surface area contributed by atoms with Crippen LogP contribution in [0.25, 0.3) is 16.7 Å². The molecular weight excluding hydrogens is 219 g/mol. The van der Waals surface area contributed by atoms with Gasteiger partial charge in [0.05, 0.1) is 11.1 Å². The molecule has 0 amide bonds. The molecule has 0 spiro atoms. The standard InChI is InChI=1S/C12H9FN4/c13-8-3-1-4-9(7-8)17-12-10(11(14)16-17)5-2-6-15-12/h1-7H,(H2,14,16). The first-order chi connectivity index (χ1) is 8.25. The Hall–Kier alpha value is -2.43. The Morgan fingerprint density at radius 2 is 2.06 bits per heavy atom. The highest BCUT2D eigenvalue weighted by atomic mass is 19.1. The summed E-state index contributed by atoms with van der Waals surface area (Å²) >= 11 is 0. The predicted molar refractivity (Wildman–Crippen MR) is 63.2 cm³/mol. The van der Waals surface area contributed by atoms with Crippen LogP contribution in [0, 0.1) is 5.82 Å². The van der Waals surface area contributed by atoms with Gasteiger partial charge < -0.3 is 5.73 Å². The van der Waals surface area contributed by atoms with E-state index in [9.17, 15) is 4.39 Å². The summed E-state index contributed by atoms with van der Waals surface area (Å²) in [6.07, 6.45) is 1.65. The van der Waals surface area contributed by atoms with Crippen molar-refractivity contribution >= 4 is 16.9 Å². The van der Waals surface area contributed by atoms with Crippen LogP contribution in [-0.4, -0.2) is 14.8 Å². The molecule has 5 heteroatoms. The van der Waals surface area contributed by atoms with Crippen molar-refractivity contribution in [2.45, 2.75) is 0 Å². The van der Waals surface area contributed by atoms with Gasteiger partial charge in [-0.15, -0.1) is 5.10 Å². The summed E-state index contributed by atoms with van der Waals surface area (Å²) < 4.78 is 14.7. The molecule has 1 aromatic carbocycles. The van der Waals surface area contributed by atoms with Gasteiger partial charge in [-0.1, -0.05) is 6.07 Å². The third-order valence-corrected chi connectivity index (χ3v) is 2.52. The third-order valence-electron chi connectivity index (χ3n) is 2.52. The highest BCUT2D eigenvalue weighted by Crippen LogP contribution is 2.21. The lowest BCUT2D eigenvalue weighted by atomic mass is 10.3. The molecule has 84 valence electrons. The van der Waals surface area contributed by atoms with Crippen LogP contribution in [0.2, 0.25) is 0 Å². The lowest BCUT2D eigenvalue weighted by Crippen LogP contribution is -1.98. The van der Waals surface area contributed by atoms with Gasteiger partial charge in [-0.25, -0.2) is 14.1 Å². The van der Waals surface area contributed by atoms with E-state index in [1.165, 1.54) is 16.8 Å². The summed E-state index contributed by atoms with van der Waals surface area (Å²) in [4.78, 5) is 4.21. The summed E-state index contributed by atoms with van der Waals surface area (Å²) in [5, 5.41) is 4.93. The van der Waals surface area contributed by atoms with E-state index in [0.29, 0.717) is 17.2 Å². The fourth-order valence-corrected chi connectivity index (χ4v) is 1.76. The van der Waals surface area contributed by atoms with E-state index in [0.717, 1.165) is 5.39 Å². The minimum atomic E-state index is -0.319. The summed E-state index contributed by atoms with van der Waals surface area (Å²) in [7, 11) is 0. The zero-order chi connectivity index (χ0) is 11.8. The van der Waals surface area contributed by atoms with E-state index < -0.39 is 0 Å². The topological polar surface area (TPSA) is 56.7 Å². The number of nitrogen functional groups attached to an aromatic ring is 1. The van der Waals surface area contributed by atoms with E-state index in [1.54, 1.807) is 24.4 Å². The molecule has 0 aliphatic carbocycles. The maximum Gasteiger partial charge on any atom is 0.165 e. The summed E-state index contributed by atoms with van der Waals surface area (Å²) in [5.74, 6) is 0.0676. The normalized spacial score (nSPS) is 10.9. The molecule has 0 aliphatic rings. The molecule has 0 radical (unpaired) electrons. The van der Waals surface area contributed by atoms with Crippen LogP contribution in [0.3, 0.4) is 0 Å². The predicted octanol–water partition coefficient (Wildman–Crippen LogP) is 2.14. The number of aromatic nitrogens is 3. The maximum atomic E-state index is 13.2. The second-order valence-electron chi connectivity index (χ2n) is 3.65. The van der Waals surface area contributed by atoms with Gasteiger partial charge in [-0.05, 0) is 30.3 Å². The van der Waals surface area contributed by atoms with Crippen LogP contribution < -0.4 is 5.73 Å². The number of halogens is 1. The quantitative estimate of drug-likeness (QED) is 0.694. The molecule has 4 nitrogen and oxygen atoms in total. The van der Waals surface area contributed by atoms with E-state index in [1.807, 2.05) is 6.07 Å². The molecule has 0 atom stereocenters. The van der Waals surface area contributed by atoms with Crippen molar-refractivity contribution in [2.75, 3.05) is 5.73 Å². The second kappa shape index (κ2) is 3.55. The minimum Gasteiger partial charge on any atom is -0.382 e. The van der Waals surface area contributed by atoms with Gasteiger partial charge in [0, 0.05) is 6.20 Å². The number of rotatable bonds is 1. The van der Waals surface area contributed by atoms with E-state index >= 15 is 0 Å². The number of benzene rings is 1. The molecular formula is C12H9FN4. The smallest absolute Gasteiger partial charge is 0.165 e. The number of hydrogen-bond acceptors (Lipinski definition) is 3. The lowest BCUT2D eigenvalue weighted by Gasteiger charge is -2.01. The third kappa shape index (κ3) is 1.52. The number of pyridine rings is 1. The van der Waals surface area contributed by atoms with E-state index in [4.69, 9.17) is 5.73 Å². The fourth-order valence-electron chi connectivity index (χ4n) is 1.76. The molecule has 3 aromatic rings. The van der Waals surface area contributed by atoms with Crippen LogP contribution in [0.15, 0.2) is 42.6 Å². The van der Waals surface area contributed by atoms with Gasteiger partial charge in [0.2, 0.25) is 0 Å². The highest BCUT2D eigenvalue weighted by Gasteiger charge is 2.10. The molecule has 0 saturated heterocycles. The van der Waals surface area contributed by atoms with Crippen LogP contribution in [-0.2, 0) is 0 Å². The molecule has 0 fully saturated rings. The van der Waals surface area contributed by atoms with Gasteiger partial charge in [0.15, 0.2) is 11.5 Å². The van der Waals surface area contributed by atoms with Crippen molar-refractivity contribution in [3.63, 3.8) is 0 Å². The van der Waals surface area contributed by atoms with Crippen molar-refractivity contribution in [1.29, 1.82) is 0 Å². The van der Waals surface area contributed by atoms with Gasteiger partial charge in [-0.3, -0.25) is 0 Å². The summed E-state index contributed by atoms with van der Waals surface area (Å²) in [5.41, 5.74) is 7.01. The van der Waals surface area contributed by atoms with Gasteiger partial charge in [0.1, 0.15) is 5.82 Å². The Bertz CT molecular complexity index is 690. The zero-order valence-corrected chi connectivity index (χ0v) is 8.84. The first-order valence-electron chi connectivity index (χ1n) is 5.11. The van der Waals surface area contributed by atoms with Crippen molar-refractivity contribution in [3.8, 4) is 5.69 Å². The van der Waals surface area contributed by atoms with Crippen molar-refractivity contribution < 1.29 is 4.39 Å². The maximum absolute atomic E-state index is 13.2. The molecule has 0 saturated carbocycles. The Labute approximate surface area is 96.5 Å². The lowest BCUT2D eigenvalue weighted by molar-refractivity contribution is 0.626.